The Labute approximate surface area is 121 Å². The van der Waals surface area contributed by atoms with Gasteiger partial charge in [-0.3, -0.25) is 9.59 Å². The number of nitrogens with zero attached hydrogens (tertiary/aromatic N) is 2. The summed E-state index contributed by atoms with van der Waals surface area (Å²) >= 11 is 4.84. The summed E-state index contributed by atoms with van der Waals surface area (Å²) in [5.74, 6) is -0.626. The second kappa shape index (κ2) is 7.39. The molecule has 0 aromatic carbocycles. The topological polar surface area (TPSA) is 94.8 Å². The minimum Gasteiger partial charge on any atom is -0.468 e. The summed E-state index contributed by atoms with van der Waals surface area (Å²) in [5.41, 5.74) is 5.91. The molecule has 0 aliphatic rings. The monoisotopic (exact) mass is 297 g/mol. The third kappa shape index (κ3) is 4.47. The largest absolute Gasteiger partial charge is 0.468 e. The zero-order valence-electron chi connectivity index (χ0n) is 11.2. The molecule has 1 rings (SSSR count). The number of esters is 2. The van der Waals surface area contributed by atoms with Crippen molar-refractivity contribution >= 4 is 35.0 Å². The van der Waals surface area contributed by atoms with Crippen LogP contribution in [0.25, 0.3) is 0 Å². The molecule has 0 unspecified atom stereocenters. The lowest BCUT2D eigenvalue weighted by molar-refractivity contribution is -0.140. The lowest BCUT2D eigenvalue weighted by Crippen LogP contribution is -2.36. The standard InChI is InChI=1S/C12H15N3O4S/c1-18-10(16)6-15(7-11(17)19-2)9-5-3-4-8(14-9)12(13)20/h3-5H,6-7H2,1-2H3,(H2,13,20). The zero-order chi connectivity index (χ0) is 15.1. The third-order valence-electron chi connectivity index (χ3n) is 2.41. The van der Waals surface area contributed by atoms with E-state index in [0.717, 1.165) is 0 Å². The van der Waals surface area contributed by atoms with Crippen molar-refractivity contribution in [3.8, 4) is 0 Å². The minimum absolute atomic E-state index is 0.128. The number of nitrogens with two attached hydrogens (primary N) is 1. The van der Waals surface area contributed by atoms with Crippen LogP contribution in [-0.2, 0) is 19.1 Å². The number of thiocarbonyl (C=S) groups is 1. The number of hydrogen-bond donors (Lipinski definition) is 1. The van der Waals surface area contributed by atoms with Crippen molar-refractivity contribution in [3.63, 3.8) is 0 Å². The van der Waals surface area contributed by atoms with Gasteiger partial charge in [0.15, 0.2) is 0 Å². The van der Waals surface area contributed by atoms with Crippen molar-refractivity contribution in [1.82, 2.24) is 4.98 Å². The summed E-state index contributed by atoms with van der Waals surface area (Å²) in [6.45, 7) is -0.279. The van der Waals surface area contributed by atoms with Gasteiger partial charge in [-0.25, -0.2) is 4.98 Å². The van der Waals surface area contributed by atoms with Crippen LogP contribution in [0.1, 0.15) is 5.69 Å². The Bertz CT molecular complexity index is 503. The number of carbonyl (C=O) groups is 2. The van der Waals surface area contributed by atoms with Crippen LogP contribution in [0.4, 0.5) is 5.82 Å². The summed E-state index contributed by atoms with van der Waals surface area (Å²) in [4.78, 5) is 28.5. The smallest absolute Gasteiger partial charge is 0.325 e. The van der Waals surface area contributed by atoms with E-state index in [4.69, 9.17) is 18.0 Å². The zero-order valence-corrected chi connectivity index (χ0v) is 12.0. The third-order valence-corrected chi connectivity index (χ3v) is 2.62. The molecule has 0 radical (unpaired) electrons. The molecular formula is C12H15N3O4S. The average molecular weight is 297 g/mol. The molecule has 1 heterocycles. The van der Waals surface area contributed by atoms with Gasteiger partial charge >= 0.3 is 11.9 Å². The molecule has 2 N–H and O–H groups in total. The Morgan fingerprint density at radius 2 is 1.80 bits per heavy atom. The van der Waals surface area contributed by atoms with Crippen molar-refractivity contribution in [2.45, 2.75) is 0 Å². The fraction of sp³-hybridized carbons (Fsp3) is 0.333. The first-order chi connectivity index (χ1) is 9.47. The molecule has 1 aromatic heterocycles. The van der Waals surface area contributed by atoms with Gasteiger partial charge in [0.05, 0.1) is 19.9 Å². The first-order valence-electron chi connectivity index (χ1n) is 5.63. The molecule has 0 saturated heterocycles. The van der Waals surface area contributed by atoms with Gasteiger partial charge in [-0.05, 0) is 12.1 Å². The molecule has 0 spiro atoms. The van der Waals surface area contributed by atoms with Crippen molar-refractivity contribution < 1.29 is 19.1 Å². The van der Waals surface area contributed by atoms with Crippen molar-refractivity contribution in [3.05, 3.63) is 23.9 Å². The van der Waals surface area contributed by atoms with Crippen LogP contribution in [0.3, 0.4) is 0 Å². The maximum atomic E-state index is 11.4. The van der Waals surface area contributed by atoms with E-state index in [2.05, 4.69) is 14.5 Å². The van der Waals surface area contributed by atoms with E-state index in [0.29, 0.717) is 11.5 Å². The molecule has 20 heavy (non-hydrogen) atoms. The molecule has 1 aromatic rings. The second-order valence-electron chi connectivity index (χ2n) is 3.75. The SMILES string of the molecule is COC(=O)CN(CC(=O)OC)c1cccc(C(N)=S)n1. The molecule has 0 atom stereocenters. The van der Waals surface area contributed by atoms with E-state index in [1.807, 2.05) is 0 Å². The molecule has 0 aliphatic heterocycles. The molecule has 0 fully saturated rings. The van der Waals surface area contributed by atoms with E-state index in [-0.39, 0.29) is 18.1 Å². The Balaban J connectivity index is 3.02. The Morgan fingerprint density at radius 3 is 2.25 bits per heavy atom. The highest BCUT2D eigenvalue weighted by Crippen LogP contribution is 2.12. The number of pyridine rings is 1. The van der Waals surface area contributed by atoms with Crippen LogP contribution in [0.2, 0.25) is 0 Å². The molecular weight excluding hydrogens is 282 g/mol. The highest BCUT2D eigenvalue weighted by atomic mass is 32.1. The lowest BCUT2D eigenvalue weighted by Gasteiger charge is -2.21. The van der Waals surface area contributed by atoms with Crippen LogP contribution in [0.15, 0.2) is 18.2 Å². The van der Waals surface area contributed by atoms with Gasteiger partial charge in [-0.2, -0.15) is 0 Å². The fourth-order valence-electron chi connectivity index (χ4n) is 1.40. The first kappa shape index (κ1) is 15.8. The van der Waals surface area contributed by atoms with Gasteiger partial charge in [-0.15, -0.1) is 0 Å². The number of aromatic nitrogens is 1. The summed E-state index contributed by atoms with van der Waals surface area (Å²) < 4.78 is 9.17. The minimum atomic E-state index is -0.503. The van der Waals surface area contributed by atoms with Crippen LogP contribution in [-0.4, -0.2) is 49.2 Å². The van der Waals surface area contributed by atoms with Crippen molar-refractivity contribution in [2.24, 2.45) is 5.73 Å². The number of ether oxygens (including phenoxy) is 2. The fourth-order valence-corrected chi connectivity index (χ4v) is 1.51. The molecule has 0 amide bonds. The van der Waals surface area contributed by atoms with Crippen molar-refractivity contribution in [2.75, 3.05) is 32.2 Å². The predicted molar refractivity (Wildman–Crippen MR) is 76.4 cm³/mol. The first-order valence-corrected chi connectivity index (χ1v) is 6.04. The number of carbonyl (C=O) groups excluding carboxylic acids is 2. The number of methoxy groups -OCH3 is 2. The molecule has 108 valence electrons. The average Bonchev–Trinajstić information content (AvgIpc) is 2.46. The van der Waals surface area contributed by atoms with Crippen molar-refractivity contribution in [1.29, 1.82) is 0 Å². The Hall–Kier alpha value is -2.22. The molecule has 7 nitrogen and oxygen atoms in total. The Morgan fingerprint density at radius 1 is 1.25 bits per heavy atom. The highest BCUT2D eigenvalue weighted by molar-refractivity contribution is 7.80. The van der Waals surface area contributed by atoms with Gasteiger partial charge < -0.3 is 20.1 Å². The number of anilines is 1. The van der Waals surface area contributed by atoms with Gasteiger partial charge in [0, 0.05) is 0 Å². The number of rotatable bonds is 6. The summed E-state index contributed by atoms with van der Waals surface area (Å²) in [7, 11) is 2.52. The van der Waals surface area contributed by atoms with E-state index < -0.39 is 11.9 Å². The molecule has 0 bridgehead atoms. The van der Waals surface area contributed by atoms with Gasteiger partial charge in [0.2, 0.25) is 0 Å². The maximum Gasteiger partial charge on any atom is 0.325 e. The van der Waals surface area contributed by atoms with E-state index in [1.54, 1.807) is 18.2 Å². The van der Waals surface area contributed by atoms with E-state index in [1.165, 1.54) is 19.1 Å². The van der Waals surface area contributed by atoms with E-state index >= 15 is 0 Å². The summed E-state index contributed by atoms with van der Waals surface area (Å²) in [5, 5.41) is 0. The number of hydrogen-bond acceptors (Lipinski definition) is 7. The molecule has 8 heteroatoms. The maximum absolute atomic E-state index is 11.4. The second-order valence-corrected chi connectivity index (χ2v) is 4.19. The molecule has 0 saturated carbocycles. The van der Waals surface area contributed by atoms with Gasteiger partial charge in [0.1, 0.15) is 23.9 Å². The van der Waals surface area contributed by atoms with Crippen LogP contribution >= 0.6 is 12.2 Å². The van der Waals surface area contributed by atoms with E-state index in [9.17, 15) is 9.59 Å². The summed E-state index contributed by atoms with van der Waals surface area (Å²) in [6.07, 6.45) is 0. The lowest BCUT2D eigenvalue weighted by atomic mass is 10.3. The normalized spacial score (nSPS) is 9.70. The van der Waals surface area contributed by atoms with Crippen LogP contribution in [0.5, 0.6) is 0 Å². The quantitative estimate of drug-likeness (QED) is 0.573. The van der Waals surface area contributed by atoms with Gasteiger partial charge in [-0.1, -0.05) is 18.3 Å². The van der Waals surface area contributed by atoms with Gasteiger partial charge in [0.25, 0.3) is 0 Å². The predicted octanol–water partition coefficient (Wildman–Crippen LogP) is -0.132. The highest BCUT2D eigenvalue weighted by Gasteiger charge is 2.17. The molecule has 0 aliphatic carbocycles. The summed E-state index contributed by atoms with van der Waals surface area (Å²) in [6, 6.07) is 4.95. The van der Waals surface area contributed by atoms with Crippen LogP contribution in [0, 0.1) is 0 Å². The Kier molecular flexibility index (Phi) is 5.85. The van der Waals surface area contributed by atoms with Crippen LogP contribution < -0.4 is 10.6 Å².